The first-order valence-electron chi connectivity index (χ1n) is 7.27. The zero-order valence-electron chi connectivity index (χ0n) is 13.1. The van der Waals surface area contributed by atoms with Crippen molar-refractivity contribution in [3.05, 3.63) is 24.3 Å². The molecule has 1 rings (SSSR count). The number of aliphatic carboxylic acids is 1. The van der Waals surface area contributed by atoms with E-state index in [0.717, 1.165) is 0 Å². The lowest BCUT2D eigenvalue weighted by Gasteiger charge is -2.34. The molecule has 0 aromatic carbocycles. The number of carboxylic acids is 1. The number of hydrogen-bond donors (Lipinski definition) is 2. The molecular formula is C16H23NO5. The molecule has 0 spiro atoms. The number of ketones is 2. The number of allylic oxidation sites excluding steroid dienone is 2. The first-order chi connectivity index (χ1) is 10.3. The lowest BCUT2D eigenvalue weighted by atomic mass is 9.66. The van der Waals surface area contributed by atoms with Gasteiger partial charge in [0.2, 0.25) is 0 Å². The third kappa shape index (κ3) is 4.61. The number of rotatable bonds is 8. The summed E-state index contributed by atoms with van der Waals surface area (Å²) < 4.78 is 0. The average Bonchev–Trinajstić information content (AvgIpc) is 2.39. The van der Waals surface area contributed by atoms with Gasteiger partial charge in [-0.1, -0.05) is 26.0 Å². The van der Waals surface area contributed by atoms with Gasteiger partial charge in [0.05, 0.1) is 12.2 Å². The van der Waals surface area contributed by atoms with Gasteiger partial charge in [0, 0.05) is 13.0 Å². The first kappa shape index (κ1) is 18.3. The van der Waals surface area contributed by atoms with E-state index >= 15 is 0 Å². The number of Topliss-reactive ketones (excluding diaryl/α,β-unsaturated/α-hetero) is 2. The normalized spacial score (nSPS) is 22.8. The maximum Gasteiger partial charge on any atom is 0.314 e. The number of carbonyl (C=O) groups excluding carboxylic acids is 2. The topological polar surface area (TPSA) is 92.7 Å². The van der Waals surface area contributed by atoms with Gasteiger partial charge < -0.3 is 5.11 Å². The van der Waals surface area contributed by atoms with Crippen molar-refractivity contribution in [3.8, 4) is 0 Å². The maximum atomic E-state index is 12.3. The van der Waals surface area contributed by atoms with Crippen molar-refractivity contribution in [3.63, 3.8) is 0 Å². The Morgan fingerprint density at radius 1 is 1.50 bits per heavy atom. The number of carboxylic acid groups (broad SMARTS) is 1. The Balaban J connectivity index is 2.63. The van der Waals surface area contributed by atoms with Crippen LogP contribution in [0.3, 0.4) is 0 Å². The molecule has 1 saturated carbocycles. The first-order valence-corrected chi connectivity index (χ1v) is 7.27. The summed E-state index contributed by atoms with van der Waals surface area (Å²) in [6.07, 6.45) is 4.40. The molecule has 0 aromatic rings. The van der Waals surface area contributed by atoms with Crippen molar-refractivity contribution in [2.24, 2.45) is 11.3 Å². The summed E-state index contributed by atoms with van der Waals surface area (Å²) in [6.45, 7) is 7.74. The zero-order valence-corrected chi connectivity index (χ0v) is 13.1. The molecule has 1 aliphatic rings. The summed E-state index contributed by atoms with van der Waals surface area (Å²) in [5.41, 5.74) is 1.90. The summed E-state index contributed by atoms with van der Waals surface area (Å²) >= 11 is 0. The minimum atomic E-state index is -1.17. The fourth-order valence-corrected chi connectivity index (χ4v) is 2.53. The zero-order chi connectivity index (χ0) is 16.8. The summed E-state index contributed by atoms with van der Waals surface area (Å²) in [5, 5.41) is 9.25. The number of nitrogens with one attached hydrogen (secondary N) is 1. The van der Waals surface area contributed by atoms with Crippen LogP contribution in [0.15, 0.2) is 24.3 Å². The molecule has 22 heavy (non-hydrogen) atoms. The molecule has 6 nitrogen and oxygen atoms in total. The Morgan fingerprint density at radius 2 is 2.18 bits per heavy atom. The minimum Gasteiger partial charge on any atom is -0.481 e. The van der Waals surface area contributed by atoms with Crippen molar-refractivity contribution < 1.29 is 24.3 Å². The molecule has 0 bridgehead atoms. The highest BCUT2D eigenvalue weighted by molar-refractivity contribution is 6.26. The highest BCUT2D eigenvalue weighted by Crippen LogP contribution is 2.39. The predicted octanol–water partition coefficient (Wildman–Crippen LogP) is 1.67. The van der Waals surface area contributed by atoms with Gasteiger partial charge in [-0.25, -0.2) is 5.48 Å². The molecule has 122 valence electrons. The van der Waals surface area contributed by atoms with Crippen LogP contribution >= 0.6 is 0 Å². The van der Waals surface area contributed by atoms with E-state index in [9.17, 15) is 19.5 Å². The largest absolute Gasteiger partial charge is 0.481 e. The number of carbonyl (C=O) groups is 3. The van der Waals surface area contributed by atoms with Crippen molar-refractivity contribution >= 4 is 17.5 Å². The van der Waals surface area contributed by atoms with E-state index in [0.29, 0.717) is 26.0 Å². The van der Waals surface area contributed by atoms with Crippen LogP contribution < -0.4 is 5.48 Å². The molecule has 0 aromatic heterocycles. The van der Waals surface area contributed by atoms with Crippen LogP contribution in [0.2, 0.25) is 0 Å². The van der Waals surface area contributed by atoms with Crippen LogP contribution in [0.1, 0.15) is 33.1 Å². The highest BCUT2D eigenvalue weighted by Gasteiger charge is 2.48. The van der Waals surface area contributed by atoms with Crippen molar-refractivity contribution in [1.82, 2.24) is 5.48 Å². The third-order valence-corrected chi connectivity index (χ3v) is 3.61. The molecule has 0 radical (unpaired) electrons. The maximum absolute atomic E-state index is 12.3. The standard InChI is InChI=1S/C16H23NO5/c1-4-9-22-17-8-6-5-7-11-12(18)10-16(2,3)13(14(11)19)15(20)21/h4,7,13,17H,1,5-6,8-10H2,2-3H3,(H,20,21). The monoisotopic (exact) mass is 309 g/mol. The fourth-order valence-electron chi connectivity index (χ4n) is 2.53. The van der Waals surface area contributed by atoms with Gasteiger partial charge in [-0.05, 0) is 18.3 Å². The molecule has 1 aliphatic carbocycles. The molecule has 0 heterocycles. The van der Waals surface area contributed by atoms with Gasteiger partial charge in [0.1, 0.15) is 5.92 Å². The number of hydroxylamine groups is 1. The van der Waals surface area contributed by atoms with Crippen LogP contribution in [0.5, 0.6) is 0 Å². The molecular weight excluding hydrogens is 286 g/mol. The quantitative estimate of drug-likeness (QED) is 0.177. The van der Waals surface area contributed by atoms with Gasteiger partial charge in [0.25, 0.3) is 0 Å². The van der Waals surface area contributed by atoms with E-state index in [-0.39, 0.29) is 17.8 Å². The van der Waals surface area contributed by atoms with Crippen LogP contribution in [0.25, 0.3) is 0 Å². The minimum absolute atomic E-state index is 0.0266. The molecule has 2 N–H and O–H groups in total. The fraction of sp³-hybridized carbons (Fsp3) is 0.562. The van der Waals surface area contributed by atoms with E-state index in [4.69, 9.17) is 4.84 Å². The van der Waals surface area contributed by atoms with Gasteiger partial charge in [-0.2, -0.15) is 0 Å². The predicted molar refractivity (Wildman–Crippen MR) is 81.0 cm³/mol. The molecule has 0 saturated heterocycles. The number of unbranched alkanes of at least 4 members (excludes halogenated alkanes) is 1. The summed E-state index contributed by atoms with van der Waals surface area (Å²) in [4.78, 5) is 40.6. The third-order valence-electron chi connectivity index (χ3n) is 3.61. The molecule has 6 heteroatoms. The highest BCUT2D eigenvalue weighted by atomic mass is 16.6. The Hall–Kier alpha value is -1.79. The Morgan fingerprint density at radius 3 is 2.77 bits per heavy atom. The Bertz CT molecular complexity index is 493. The van der Waals surface area contributed by atoms with Crippen LogP contribution in [-0.4, -0.2) is 35.8 Å². The number of hydrogen-bond acceptors (Lipinski definition) is 5. The van der Waals surface area contributed by atoms with Gasteiger partial charge in [0.15, 0.2) is 11.6 Å². The van der Waals surface area contributed by atoms with Gasteiger partial charge >= 0.3 is 5.97 Å². The molecule has 0 amide bonds. The van der Waals surface area contributed by atoms with E-state index in [2.05, 4.69) is 12.1 Å². The second kappa shape index (κ2) is 8.00. The second-order valence-corrected chi connectivity index (χ2v) is 5.98. The summed E-state index contributed by atoms with van der Waals surface area (Å²) in [6, 6.07) is 0. The van der Waals surface area contributed by atoms with Crippen LogP contribution in [0, 0.1) is 11.3 Å². The van der Waals surface area contributed by atoms with Crippen molar-refractivity contribution in [2.75, 3.05) is 13.2 Å². The van der Waals surface area contributed by atoms with Crippen LogP contribution in [0.4, 0.5) is 0 Å². The van der Waals surface area contributed by atoms with E-state index < -0.39 is 23.1 Å². The Labute approximate surface area is 130 Å². The second-order valence-electron chi connectivity index (χ2n) is 5.98. The lowest BCUT2D eigenvalue weighted by molar-refractivity contribution is -0.152. The van der Waals surface area contributed by atoms with E-state index in [1.54, 1.807) is 26.0 Å². The average molecular weight is 309 g/mol. The smallest absolute Gasteiger partial charge is 0.314 e. The summed E-state index contributed by atoms with van der Waals surface area (Å²) in [5.74, 6) is -3.19. The molecule has 1 fully saturated rings. The Kier molecular flexibility index (Phi) is 6.64. The molecule has 1 unspecified atom stereocenters. The van der Waals surface area contributed by atoms with E-state index in [1.165, 1.54) is 0 Å². The van der Waals surface area contributed by atoms with E-state index in [1.807, 2.05) is 0 Å². The molecule has 0 aliphatic heterocycles. The van der Waals surface area contributed by atoms with Gasteiger partial charge in [-0.15, -0.1) is 6.58 Å². The molecule has 1 atom stereocenters. The van der Waals surface area contributed by atoms with Gasteiger partial charge in [-0.3, -0.25) is 19.2 Å². The SMILES string of the molecule is C=CCONCCCC=C1C(=O)CC(C)(C)C(C(=O)O)C1=O. The lowest BCUT2D eigenvalue weighted by Crippen LogP contribution is -2.45. The van der Waals surface area contributed by atoms with Crippen LogP contribution in [-0.2, 0) is 19.2 Å². The van der Waals surface area contributed by atoms with Crippen molar-refractivity contribution in [1.29, 1.82) is 0 Å². The van der Waals surface area contributed by atoms with Crippen molar-refractivity contribution in [2.45, 2.75) is 33.1 Å². The summed E-state index contributed by atoms with van der Waals surface area (Å²) in [7, 11) is 0.